The number of nitrogens with one attached hydrogen (secondary N) is 3. The Balaban J connectivity index is 0.000000173. The number of aromatic nitrogens is 8. The summed E-state index contributed by atoms with van der Waals surface area (Å²) in [6, 6.07) is 11.5. The van der Waals surface area contributed by atoms with Gasteiger partial charge in [0.25, 0.3) is 11.8 Å². The molecular weight excluding hydrogens is 1040 g/mol. The lowest BCUT2D eigenvalue weighted by Crippen LogP contribution is -2.49. The summed E-state index contributed by atoms with van der Waals surface area (Å²) >= 11 is 0. The zero-order chi connectivity index (χ0) is 56.8. The monoisotopic (exact) mass is 1110 g/mol. The van der Waals surface area contributed by atoms with Crippen molar-refractivity contribution in [1.29, 1.82) is 0 Å². The number of carbonyl (C=O) groups is 5. The van der Waals surface area contributed by atoms with Crippen molar-refractivity contribution in [1.82, 2.24) is 59.1 Å². The smallest absolute Gasteiger partial charge is 0.415 e. The minimum Gasteiger partial charge on any atom is -0.444 e. The van der Waals surface area contributed by atoms with Crippen molar-refractivity contribution >= 4 is 87.1 Å². The molecule has 428 valence electrons. The van der Waals surface area contributed by atoms with Gasteiger partial charge in [0.2, 0.25) is 11.9 Å². The molecule has 6 fully saturated rings. The average molecular weight is 1110 g/mol. The van der Waals surface area contributed by atoms with Gasteiger partial charge < -0.3 is 54.0 Å². The summed E-state index contributed by atoms with van der Waals surface area (Å²) in [5.74, 6) is 1.76. The SMILES string of the molecule is CN(C)C(=O)c1cc2cnc(Nc3ccc(N4CC5(CCN(C(=O)OC(C)(C)C)CC5)OC4=O)cn3)nc2n1C1CCCC1.CN(C)C(=O)c1cc2cnc(Nc3ccc(N4CC5(CCNCC5)OC4=O)cn3)nc2n1C1CCCC1. The molecule has 6 aromatic rings. The van der Waals surface area contributed by atoms with Crippen LogP contribution < -0.4 is 25.8 Å². The molecule has 24 heteroatoms. The number of carbonyl (C=O) groups excluding carboxylic acids is 5. The molecule has 2 aliphatic carbocycles. The van der Waals surface area contributed by atoms with E-state index in [0.29, 0.717) is 85.3 Å². The Morgan fingerprint density at radius 2 is 1.06 bits per heavy atom. The summed E-state index contributed by atoms with van der Waals surface area (Å²) < 4.78 is 21.3. The molecule has 10 heterocycles. The van der Waals surface area contributed by atoms with Crippen molar-refractivity contribution in [3.05, 3.63) is 72.6 Å². The van der Waals surface area contributed by atoms with Gasteiger partial charge >= 0.3 is 18.3 Å². The maximum atomic E-state index is 13.0. The van der Waals surface area contributed by atoms with E-state index in [1.165, 1.54) is 0 Å². The fraction of sp³-hybridized carbons (Fsp3) is 0.526. The number of amides is 5. The summed E-state index contributed by atoms with van der Waals surface area (Å²) in [7, 11) is 7.04. The fourth-order valence-electron chi connectivity index (χ4n) is 11.9. The van der Waals surface area contributed by atoms with E-state index in [4.69, 9.17) is 24.2 Å². The number of hydrogen-bond acceptors (Lipinski definition) is 17. The molecule has 12 rings (SSSR count). The standard InChI is InChI=1S/C31H40N8O5.C26H32N8O3/c1-30(2,3)43-28(41)37-14-12-31(13-15-37)19-38(29(42)44-31)22-10-11-24(32-18-22)34-27-33-17-20-16-23(26(40)36(4)5)39(25(20)35-27)21-8-6-7-9-21;1-32(2)23(35)20-13-17-14-29-24(31-22(17)34(20)18-5-3-4-6-18)30-21-8-7-19(15-28-21)33-16-26(37-25(33)36)9-11-27-12-10-26/h10-11,16-18,21H,6-9,12-15,19H2,1-5H3,(H,32,33,34,35);7-8,13-15,18,27H,3-6,9-12,16H2,1-2H3,(H,28,29,30,31). The Labute approximate surface area is 469 Å². The van der Waals surface area contributed by atoms with Gasteiger partial charge in [0, 0.05) is 102 Å². The molecule has 4 saturated heterocycles. The number of fused-ring (bicyclic) bond motifs is 2. The summed E-state index contributed by atoms with van der Waals surface area (Å²) in [5, 5.41) is 11.3. The topological polar surface area (TPSA) is 253 Å². The first-order valence-corrected chi connectivity index (χ1v) is 28.2. The summed E-state index contributed by atoms with van der Waals surface area (Å²) in [5.41, 5.74) is 2.42. The van der Waals surface area contributed by atoms with Gasteiger partial charge in [-0.25, -0.2) is 34.3 Å². The maximum Gasteiger partial charge on any atom is 0.415 e. The van der Waals surface area contributed by atoms with Gasteiger partial charge in [-0.2, -0.15) is 9.97 Å². The minimum absolute atomic E-state index is 0.0385. The number of anilines is 6. The van der Waals surface area contributed by atoms with Crippen molar-refractivity contribution in [2.24, 2.45) is 0 Å². The molecule has 2 saturated carbocycles. The second-order valence-electron chi connectivity index (χ2n) is 23.6. The first-order valence-electron chi connectivity index (χ1n) is 28.2. The first kappa shape index (κ1) is 54.8. The van der Waals surface area contributed by atoms with E-state index in [0.717, 1.165) is 99.4 Å². The molecule has 0 radical (unpaired) electrons. The van der Waals surface area contributed by atoms with Crippen molar-refractivity contribution in [3.63, 3.8) is 0 Å². The number of rotatable bonds is 10. The Bertz CT molecular complexity index is 3330. The van der Waals surface area contributed by atoms with E-state index in [9.17, 15) is 24.0 Å². The fourth-order valence-corrected chi connectivity index (χ4v) is 11.9. The number of pyridine rings is 2. The molecule has 24 nitrogen and oxygen atoms in total. The van der Waals surface area contributed by atoms with E-state index in [1.807, 2.05) is 39.0 Å². The van der Waals surface area contributed by atoms with Crippen molar-refractivity contribution < 1.29 is 38.2 Å². The third-order valence-electron chi connectivity index (χ3n) is 16.2. The molecule has 0 aromatic carbocycles. The second kappa shape index (κ2) is 22.1. The van der Waals surface area contributed by atoms with Crippen LogP contribution in [0.1, 0.15) is 131 Å². The predicted molar refractivity (Wildman–Crippen MR) is 303 cm³/mol. The molecule has 81 heavy (non-hydrogen) atoms. The van der Waals surface area contributed by atoms with Crippen LogP contribution in [-0.4, -0.2) is 168 Å². The van der Waals surface area contributed by atoms with Crippen LogP contribution in [0.2, 0.25) is 0 Å². The normalized spacial score (nSPS) is 19.0. The highest BCUT2D eigenvalue weighted by Gasteiger charge is 2.49. The molecule has 5 amide bonds. The van der Waals surface area contributed by atoms with Crippen LogP contribution in [0.4, 0.5) is 49.3 Å². The van der Waals surface area contributed by atoms with Gasteiger partial charge in [-0.3, -0.25) is 19.4 Å². The molecule has 2 spiro atoms. The summed E-state index contributed by atoms with van der Waals surface area (Å²) in [6.45, 7) is 9.05. The first-order chi connectivity index (χ1) is 38.8. The highest BCUT2D eigenvalue weighted by Crippen LogP contribution is 2.40. The van der Waals surface area contributed by atoms with E-state index in [2.05, 4.69) is 45.0 Å². The highest BCUT2D eigenvalue weighted by atomic mass is 16.6. The average Bonchev–Trinajstić information content (AvgIpc) is 4.50. The van der Waals surface area contributed by atoms with Crippen LogP contribution in [0.25, 0.3) is 22.1 Å². The van der Waals surface area contributed by atoms with E-state index in [-0.39, 0.29) is 36.1 Å². The van der Waals surface area contributed by atoms with Gasteiger partial charge in [-0.1, -0.05) is 25.7 Å². The van der Waals surface area contributed by atoms with Crippen LogP contribution in [0.3, 0.4) is 0 Å². The molecule has 0 bridgehead atoms. The van der Waals surface area contributed by atoms with E-state index < -0.39 is 22.9 Å². The number of nitrogens with zero attached hydrogens (tertiary/aromatic N) is 13. The molecule has 3 N–H and O–H groups in total. The van der Waals surface area contributed by atoms with E-state index in [1.54, 1.807) is 95.7 Å². The third-order valence-corrected chi connectivity index (χ3v) is 16.2. The second-order valence-corrected chi connectivity index (χ2v) is 23.6. The molecule has 0 unspecified atom stereocenters. The molecule has 6 aromatic heterocycles. The lowest BCUT2D eigenvalue weighted by molar-refractivity contribution is -0.0168. The van der Waals surface area contributed by atoms with Gasteiger partial charge in [0.15, 0.2) is 0 Å². The molecule has 0 atom stereocenters. The minimum atomic E-state index is -0.656. The van der Waals surface area contributed by atoms with Crippen LogP contribution in [0, 0.1) is 0 Å². The van der Waals surface area contributed by atoms with Crippen LogP contribution >= 0.6 is 0 Å². The van der Waals surface area contributed by atoms with Crippen molar-refractivity contribution in [3.8, 4) is 0 Å². The molecule has 6 aliphatic rings. The zero-order valence-electron chi connectivity index (χ0n) is 47.2. The quantitative estimate of drug-likeness (QED) is 0.109. The number of likely N-dealkylation sites (tertiary alicyclic amines) is 1. The van der Waals surface area contributed by atoms with Gasteiger partial charge in [0.1, 0.15) is 51.1 Å². The molecule has 4 aliphatic heterocycles. The predicted octanol–water partition coefficient (Wildman–Crippen LogP) is 8.58. The van der Waals surface area contributed by atoms with Crippen LogP contribution in [-0.2, 0) is 14.2 Å². The number of piperidine rings is 2. The van der Waals surface area contributed by atoms with Crippen LogP contribution in [0.15, 0.2) is 61.2 Å². The summed E-state index contributed by atoms with van der Waals surface area (Å²) in [6.07, 6.45) is 17.0. The Hall–Kier alpha value is -8.15. The molecular formula is C57H72N16O8. The van der Waals surface area contributed by atoms with Gasteiger partial charge in [0.05, 0.1) is 36.9 Å². The third kappa shape index (κ3) is 11.5. The van der Waals surface area contributed by atoms with Crippen LogP contribution in [0.5, 0.6) is 0 Å². The van der Waals surface area contributed by atoms with Gasteiger partial charge in [-0.15, -0.1) is 0 Å². The lowest BCUT2D eigenvalue weighted by Gasteiger charge is -2.37. The largest absolute Gasteiger partial charge is 0.444 e. The Morgan fingerprint density at radius 1 is 0.630 bits per heavy atom. The van der Waals surface area contributed by atoms with Crippen molar-refractivity contribution in [2.75, 3.05) is 87.9 Å². The maximum absolute atomic E-state index is 13.0. The Kier molecular flexibility index (Phi) is 14.9. The van der Waals surface area contributed by atoms with Crippen molar-refractivity contribution in [2.45, 2.75) is 127 Å². The van der Waals surface area contributed by atoms with E-state index >= 15 is 0 Å². The zero-order valence-corrected chi connectivity index (χ0v) is 47.2. The van der Waals surface area contributed by atoms with Gasteiger partial charge in [-0.05, 0) is 95.9 Å². The Morgan fingerprint density at radius 3 is 1.46 bits per heavy atom. The lowest BCUT2D eigenvalue weighted by atomic mass is 9.91. The highest BCUT2D eigenvalue weighted by molar-refractivity contribution is 5.99. The number of hydrogen-bond donors (Lipinski definition) is 3. The summed E-state index contributed by atoms with van der Waals surface area (Å²) in [4.78, 5) is 99.5. The number of ether oxygens (including phenoxy) is 3.